The van der Waals surface area contributed by atoms with E-state index in [-0.39, 0.29) is 0 Å². The fraction of sp³-hybridized carbons (Fsp3) is 0.800. The first-order chi connectivity index (χ1) is 7.83. The van der Waals surface area contributed by atoms with E-state index in [0.717, 1.165) is 29.8 Å². The van der Waals surface area contributed by atoms with Crippen LogP contribution in [0.15, 0.2) is 0 Å². The summed E-state index contributed by atoms with van der Waals surface area (Å²) < 4.78 is 5.80. The summed E-state index contributed by atoms with van der Waals surface area (Å²) in [4.78, 5) is 2.44. The lowest BCUT2D eigenvalue weighted by molar-refractivity contribution is -0.0411. The van der Waals surface area contributed by atoms with Gasteiger partial charge < -0.3 is 10.1 Å². The first-order valence-electron chi connectivity index (χ1n) is 5.71. The molecule has 0 aliphatic carbocycles. The van der Waals surface area contributed by atoms with Crippen molar-refractivity contribution in [1.29, 1.82) is 0 Å². The van der Waals surface area contributed by atoms with Gasteiger partial charge in [0.25, 0.3) is 0 Å². The highest BCUT2D eigenvalue weighted by Crippen LogP contribution is 2.27. The zero-order valence-electron chi connectivity index (χ0n) is 9.35. The molecule has 2 unspecified atom stereocenters. The van der Waals surface area contributed by atoms with Crippen molar-refractivity contribution < 1.29 is 4.74 Å². The standard InChI is InChI=1S/C10H16N4OS/c1-11-10-13-12-9(16-10)6-14-4-7-2-3-8(5-14)15-7/h7-8H,2-6H2,1H3,(H,11,13). The SMILES string of the molecule is CNc1nnc(CN2CC3CCC(C2)O3)s1. The lowest BCUT2D eigenvalue weighted by Crippen LogP contribution is -2.41. The molecule has 2 aliphatic rings. The van der Waals surface area contributed by atoms with Gasteiger partial charge in [0.2, 0.25) is 5.13 Å². The number of hydrogen-bond acceptors (Lipinski definition) is 6. The number of anilines is 1. The summed E-state index contributed by atoms with van der Waals surface area (Å²) in [5.41, 5.74) is 0. The first-order valence-corrected chi connectivity index (χ1v) is 6.53. The van der Waals surface area contributed by atoms with Gasteiger partial charge in [0.05, 0.1) is 18.8 Å². The van der Waals surface area contributed by atoms with E-state index in [2.05, 4.69) is 20.4 Å². The van der Waals surface area contributed by atoms with Crippen LogP contribution >= 0.6 is 11.3 Å². The number of nitrogens with one attached hydrogen (secondary N) is 1. The van der Waals surface area contributed by atoms with E-state index in [4.69, 9.17) is 4.74 Å². The first kappa shape index (κ1) is 10.4. The minimum atomic E-state index is 0.454. The minimum absolute atomic E-state index is 0.454. The van der Waals surface area contributed by atoms with E-state index in [1.54, 1.807) is 11.3 Å². The minimum Gasteiger partial charge on any atom is -0.372 e. The molecule has 16 heavy (non-hydrogen) atoms. The van der Waals surface area contributed by atoms with Crippen molar-refractivity contribution >= 4 is 16.5 Å². The maximum Gasteiger partial charge on any atom is 0.205 e. The van der Waals surface area contributed by atoms with Gasteiger partial charge >= 0.3 is 0 Å². The number of ether oxygens (including phenoxy) is 1. The zero-order chi connectivity index (χ0) is 11.0. The summed E-state index contributed by atoms with van der Waals surface area (Å²) in [5.74, 6) is 0. The van der Waals surface area contributed by atoms with Crippen molar-refractivity contribution in [2.24, 2.45) is 0 Å². The molecule has 0 amide bonds. The van der Waals surface area contributed by atoms with E-state index in [1.165, 1.54) is 12.8 Å². The third-order valence-electron chi connectivity index (χ3n) is 3.16. The number of aromatic nitrogens is 2. The smallest absolute Gasteiger partial charge is 0.205 e. The predicted octanol–water partition coefficient (Wildman–Crippen LogP) is 0.943. The Morgan fingerprint density at radius 3 is 2.75 bits per heavy atom. The normalized spacial score (nSPS) is 29.6. The lowest BCUT2D eigenvalue weighted by Gasteiger charge is -2.31. The van der Waals surface area contributed by atoms with Crippen LogP contribution < -0.4 is 5.32 Å². The van der Waals surface area contributed by atoms with E-state index < -0.39 is 0 Å². The summed E-state index contributed by atoms with van der Waals surface area (Å²) in [5, 5.41) is 13.2. The van der Waals surface area contributed by atoms with Crippen LogP contribution in [-0.4, -0.2) is 47.4 Å². The van der Waals surface area contributed by atoms with E-state index in [9.17, 15) is 0 Å². The molecule has 0 radical (unpaired) electrons. The molecule has 1 N–H and O–H groups in total. The average Bonchev–Trinajstić information content (AvgIpc) is 2.86. The van der Waals surface area contributed by atoms with Crippen LogP contribution in [0.2, 0.25) is 0 Å². The maximum absolute atomic E-state index is 5.80. The quantitative estimate of drug-likeness (QED) is 0.852. The van der Waals surface area contributed by atoms with E-state index in [0.29, 0.717) is 12.2 Å². The molecular weight excluding hydrogens is 224 g/mol. The Morgan fingerprint density at radius 2 is 2.12 bits per heavy atom. The fourth-order valence-electron chi connectivity index (χ4n) is 2.44. The third kappa shape index (κ3) is 2.05. The molecular formula is C10H16N4OS. The second kappa shape index (κ2) is 4.27. The largest absolute Gasteiger partial charge is 0.372 e. The Labute approximate surface area is 98.8 Å². The molecule has 2 atom stereocenters. The molecule has 0 spiro atoms. The monoisotopic (exact) mass is 240 g/mol. The molecule has 0 saturated carbocycles. The molecule has 88 valence electrons. The molecule has 2 saturated heterocycles. The number of hydrogen-bond donors (Lipinski definition) is 1. The molecule has 0 aromatic carbocycles. The van der Waals surface area contributed by atoms with Crippen molar-refractivity contribution in [3.63, 3.8) is 0 Å². The zero-order valence-corrected chi connectivity index (χ0v) is 10.2. The van der Waals surface area contributed by atoms with Crippen molar-refractivity contribution in [1.82, 2.24) is 15.1 Å². The topological polar surface area (TPSA) is 50.3 Å². The molecule has 3 rings (SSSR count). The van der Waals surface area contributed by atoms with Crippen molar-refractivity contribution in [3.8, 4) is 0 Å². The lowest BCUT2D eigenvalue weighted by atomic mass is 10.2. The van der Waals surface area contributed by atoms with E-state index >= 15 is 0 Å². The Kier molecular flexibility index (Phi) is 2.79. The van der Waals surface area contributed by atoms with Gasteiger partial charge in [-0.2, -0.15) is 0 Å². The van der Waals surface area contributed by atoms with Gasteiger partial charge in [0.1, 0.15) is 5.01 Å². The van der Waals surface area contributed by atoms with Gasteiger partial charge in [0, 0.05) is 20.1 Å². The van der Waals surface area contributed by atoms with Crippen LogP contribution in [0.25, 0.3) is 0 Å². The van der Waals surface area contributed by atoms with Gasteiger partial charge in [-0.15, -0.1) is 10.2 Å². The summed E-state index contributed by atoms with van der Waals surface area (Å²) in [6.07, 6.45) is 3.35. The Bertz CT molecular complexity index is 357. The molecule has 2 bridgehead atoms. The molecule has 6 heteroatoms. The molecule has 3 heterocycles. The molecule has 2 aliphatic heterocycles. The highest BCUT2D eigenvalue weighted by molar-refractivity contribution is 7.15. The predicted molar refractivity (Wildman–Crippen MR) is 62.6 cm³/mol. The van der Waals surface area contributed by atoms with Crippen LogP contribution in [0.3, 0.4) is 0 Å². The Hall–Kier alpha value is -0.720. The number of nitrogens with zero attached hydrogens (tertiary/aromatic N) is 3. The van der Waals surface area contributed by atoms with Crippen LogP contribution in [0, 0.1) is 0 Å². The molecule has 2 fully saturated rings. The summed E-state index contributed by atoms with van der Waals surface area (Å²) >= 11 is 1.63. The van der Waals surface area contributed by atoms with Crippen LogP contribution in [0.5, 0.6) is 0 Å². The second-order valence-corrected chi connectivity index (χ2v) is 5.46. The van der Waals surface area contributed by atoms with Crippen molar-refractivity contribution in [2.45, 2.75) is 31.6 Å². The number of rotatable bonds is 3. The maximum atomic E-state index is 5.80. The van der Waals surface area contributed by atoms with Gasteiger partial charge in [-0.25, -0.2) is 0 Å². The Balaban J connectivity index is 1.62. The van der Waals surface area contributed by atoms with Gasteiger partial charge in [-0.05, 0) is 12.8 Å². The molecule has 1 aromatic rings. The van der Waals surface area contributed by atoms with Crippen LogP contribution in [0.1, 0.15) is 17.8 Å². The second-order valence-electron chi connectivity index (χ2n) is 4.40. The summed E-state index contributed by atoms with van der Waals surface area (Å²) in [6, 6.07) is 0. The summed E-state index contributed by atoms with van der Waals surface area (Å²) in [7, 11) is 1.87. The average molecular weight is 240 g/mol. The van der Waals surface area contributed by atoms with E-state index in [1.807, 2.05) is 7.05 Å². The van der Waals surface area contributed by atoms with Crippen molar-refractivity contribution in [2.75, 3.05) is 25.5 Å². The number of morpholine rings is 1. The fourth-order valence-corrected chi connectivity index (χ4v) is 3.17. The molecule has 1 aromatic heterocycles. The van der Waals surface area contributed by atoms with Gasteiger partial charge in [-0.1, -0.05) is 11.3 Å². The Morgan fingerprint density at radius 1 is 1.38 bits per heavy atom. The third-order valence-corrected chi connectivity index (χ3v) is 4.08. The highest BCUT2D eigenvalue weighted by Gasteiger charge is 2.33. The van der Waals surface area contributed by atoms with Gasteiger partial charge in [0.15, 0.2) is 0 Å². The highest BCUT2D eigenvalue weighted by atomic mass is 32.1. The summed E-state index contributed by atoms with van der Waals surface area (Å²) in [6.45, 7) is 3.01. The van der Waals surface area contributed by atoms with Crippen LogP contribution in [-0.2, 0) is 11.3 Å². The van der Waals surface area contributed by atoms with Gasteiger partial charge in [-0.3, -0.25) is 4.90 Å². The number of fused-ring (bicyclic) bond motifs is 2. The van der Waals surface area contributed by atoms with Crippen molar-refractivity contribution in [3.05, 3.63) is 5.01 Å². The number of likely N-dealkylation sites (tertiary alicyclic amines) is 1. The van der Waals surface area contributed by atoms with Crippen LogP contribution in [0.4, 0.5) is 5.13 Å². The molecule has 5 nitrogen and oxygen atoms in total.